The van der Waals surface area contributed by atoms with E-state index in [1.807, 2.05) is 49.4 Å². The average Bonchev–Trinajstić information content (AvgIpc) is 2.77. The lowest BCUT2D eigenvalue weighted by atomic mass is 10.1. The molecule has 3 aromatic carbocycles. The van der Waals surface area contributed by atoms with E-state index in [1.165, 1.54) is 12.1 Å². The van der Waals surface area contributed by atoms with Crippen LogP contribution in [0.1, 0.15) is 28.5 Å². The molecule has 0 radical (unpaired) electrons. The number of aryl methyl sites for hydroxylation is 1. The first kappa shape index (κ1) is 19.9. The van der Waals surface area contributed by atoms with E-state index >= 15 is 0 Å². The van der Waals surface area contributed by atoms with Crippen molar-refractivity contribution in [3.8, 4) is 11.5 Å². The van der Waals surface area contributed by atoms with Gasteiger partial charge in [-0.1, -0.05) is 48.0 Å². The van der Waals surface area contributed by atoms with Crippen LogP contribution in [0.25, 0.3) is 0 Å². The number of carbonyl (C=O) groups is 1. The second kappa shape index (κ2) is 8.97. The van der Waals surface area contributed by atoms with Crippen molar-refractivity contribution in [1.29, 1.82) is 0 Å². The second-order valence-corrected chi connectivity index (χ2v) is 6.99. The highest BCUT2D eigenvalue weighted by Crippen LogP contribution is 2.36. The van der Waals surface area contributed by atoms with Gasteiger partial charge in [0.25, 0.3) is 0 Å². The average molecular weight is 408 g/mol. The third kappa shape index (κ3) is 4.78. The molecule has 0 N–H and O–H groups in total. The molecule has 0 bridgehead atoms. The summed E-state index contributed by atoms with van der Waals surface area (Å²) >= 11 is 0. The lowest BCUT2D eigenvalue weighted by Gasteiger charge is -2.28. The van der Waals surface area contributed by atoms with Crippen LogP contribution in [0.5, 0.6) is 11.5 Å². The highest BCUT2D eigenvalue weighted by atomic mass is 19.1. The maximum Gasteiger partial charge on any atom is 0.344 e. The number of hydrogen-bond donors (Lipinski definition) is 0. The minimum absolute atomic E-state index is 0.127. The van der Waals surface area contributed by atoms with Crippen LogP contribution >= 0.6 is 0 Å². The van der Waals surface area contributed by atoms with Crippen molar-refractivity contribution in [1.82, 2.24) is 0 Å². The van der Waals surface area contributed by atoms with E-state index in [2.05, 4.69) is 0 Å². The topological polar surface area (TPSA) is 54.0 Å². The predicted octanol–water partition coefficient (Wildman–Crippen LogP) is 4.86. The van der Waals surface area contributed by atoms with Crippen LogP contribution < -0.4 is 9.47 Å². The molecule has 30 heavy (non-hydrogen) atoms. The molecule has 0 saturated carbocycles. The number of carbonyl (C=O) groups excluding carboxylic acids is 1. The minimum Gasteiger partial charge on any atom is -0.482 e. The van der Waals surface area contributed by atoms with Gasteiger partial charge < -0.3 is 18.9 Å². The van der Waals surface area contributed by atoms with Gasteiger partial charge in [0.05, 0.1) is 6.61 Å². The van der Waals surface area contributed by atoms with E-state index < -0.39 is 18.1 Å². The number of halogens is 1. The third-order valence-corrected chi connectivity index (χ3v) is 4.66. The van der Waals surface area contributed by atoms with Crippen molar-refractivity contribution in [2.24, 2.45) is 0 Å². The summed E-state index contributed by atoms with van der Waals surface area (Å²) in [6.07, 6.45) is -0.608. The standard InChI is InChI=1S/C24H21FO5/c1-16-7-9-21(10-8-16)27-15-22(26)28-13-18-11-20(25)12-19-14-29-24(30-23(18)19)17-5-3-2-4-6-17/h2-12,24H,13-15H2,1H3/t24-/m0/s1. The van der Waals surface area contributed by atoms with Gasteiger partial charge in [-0.3, -0.25) is 0 Å². The first-order chi connectivity index (χ1) is 14.6. The molecule has 0 aromatic heterocycles. The monoisotopic (exact) mass is 408 g/mol. The van der Waals surface area contributed by atoms with Gasteiger partial charge in [0.1, 0.15) is 23.9 Å². The maximum atomic E-state index is 14.0. The second-order valence-electron chi connectivity index (χ2n) is 6.99. The molecule has 0 unspecified atom stereocenters. The minimum atomic E-state index is -0.608. The highest BCUT2D eigenvalue weighted by molar-refractivity contribution is 5.71. The van der Waals surface area contributed by atoms with Crippen molar-refractivity contribution in [2.45, 2.75) is 26.4 Å². The van der Waals surface area contributed by atoms with Gasteiger partial charge in [-0.2, -0.15) is 0 Å². The van der Waals surface area contributed by atoms with Crippen molar-refractivity contribution in [2.75, 3.05) is 6.61 Å². The molecule has 1 atom stereocenters. The summed E-state index contributed by atoms with van der Waals surface area (Å²) in [6.45, 7) is 1.80. The van der Waals surface area contributed by atoms with Crippen molar-refractivity contribution >= 4 is 5.97 Å². The first-order valence-corrected chi connectivity index (χ1v) is 9.58. The molecule has 0 aliphatic carbocycles. The molecule has 0 fully saturated rings. The SMILES string of the molecule is Cc1ccc(OCC(=O)OCc2cc(F)cc3c2O[C@@H](c2ccccc2)OC3)cc1. The molecule has 1 aliphatic heterocycles. The largest absolute Gasteiger partial charge is 0.482 e. The summed E-state index contributed by atoms with van der Waals surface area (Å²) in [5.74, 6) is 0.0527. The van der Waals surface area contributed by atoms with Crippen LogP contribution in [0.3, 0.4) is 0 Å². The van der Waals surface area contributed by atoms with Crippen molar-refractivity contribution in [3.63, 3.8) is 0 Å². The number of benzene rings is 3. The van der Waals surface area contributed by atoms with Gasteiger partial charge in [0.2, 0.25) is 6.29 Å². The Bertz CT molecular complexity index is 1020. The predicted molar refractivity (Wildman–Crippen MR) is 107 cm³/mol. The molecule has 6 heteroatoms. The highest BCUT2D eigenvalue weighted by Gasteiger charge is 2.25. The molecular weight excluding hydrogens is 387 g/mol. The number of hydrogen-bond acceptors (Lipinski definition) is 5. The smallest absolute Gasteiger partial charge is 0.344 e. The summed E-state index contributed by atoms with van der Waals surface area (Å²) in [6, 6.07) is 19.5. The van der Waals surface area contributed by atoms with Crippen LogP contribution in [-0.2, 0) is 27.5 Å². The van der Waals surface area contributed by atoms with Crippen LogP contribution in [-0.4, -0.2) is 12.6 Å². The summed E-state index contributed by atoms with van der Waals surface area (Å²) in [5.41, 5.74) is 2.96. The molecule has 1 heterocycles. The Morgan fingerprint density at radius 1 is 1.10 bits per heavy atom. The number of ether oxygens (including phenoxy) is 4. The molecule has 0 spiro atoms. The summed E-state index contributed by atoms with van der Waals surface area (Å²) in [7, 11) is 0. The van der Waals surface area contributed by atoms with E-state index in [4.69, 9.17) is 18.9 Å². The Balaban J connectivity index is 1.41. The van der Waals surface area contributed by atoms with Gasteiger partial charge in [0, 0.05) is 16.7 Å². The van der Waals surface area contributed by atoms with Gasteiger partial charge >= 0.3 is 5.97 Å². The van der Waals surface area contributed by atoms with Crippen LogP contribution in [0, 0.1) is 12.7 Å². The van der Waals surface area contributed by atoms with Crippen LogP contribution in [0.4, 0.5) is 4.39 Å². The Morgan fingerprint density at radius 3 is 2.63 bits per heavy atom. The first-order valence-electron chi connectivity index (χ1n) is 9.58. The zero-order valence-corrected chi connectivity index (χ0v) is 16.5. The third-order valence-electron chi connectivity index (χ3n) is 4.66. The quantitative estimate of drug-likeness (QED) is 0.545. The molecule has 1 aliphatic rings. The molecule has 3 aromatic rings. The molecule has 0 saturated heterocycles. The number of rotatable bonds is 6. The van der Waals surface area contributed by atoms with Crippen molar-refractivity contribution in [3.05, 3.63) is 94.8 Å². The van der Waals surface area contributed by atoms with E-state index in [1.54, 1.807) is 12.1 Å². The summed E-state index contributed by atoms with van der Waals surface area (Å²) in [4.78, 5) is 12.1. The van der Waals surface area contributed by atoms with Crippen molar-refractivity contribution < 1.29 is 28.1 Å². The summed E-state index contributed by atoms with van der Waals surface area (Å²) < 4.78 is 36.4. The maximum absolute atomic E-state index is 14.0. The normalized spacial score (nSPS) is 15.1. The van der Waals surface area contributed by atoms with E-state index in [0.29, 0.717) is 22.6 Å². The Kier molecular flexibility index (Phi) is 5.95. The molecule has 4 rings (SSSR count). The van der Waals surface area contributed by atoms with E-state index in [-0.39, 0.29) is 19.8 Å². The van der Waals surface area contributed by atoms with E-state index in [9.17, 15) is 9.18 Å². The fraction of sp³-hybridized carbons (Fsp3) is 0.208. The Morgan fingerprint density at radius 2 is 1.87 bits per heavy atom. The Hall–Kier alpha value is -3.38. The van der Waals surface area contributed by atoms with Crippen LogP contribution in [0.2, 0.25) is 0 Å². The molecular formula is C24H21FO5. The molecule has 0 amide bonds. The zero-order valence-electron chi connectivity index (χ0n) is 16.5. The summed E-state index contributed by atoms with van der Waals surface area (Å²) in [5, 5.41) is 0. The van der Waals surface area contributed by atoms with Gasteiger partial charge in [-0.25, -0.2) is 9.18 Å². The molecule has 5 nitrogen and oxygen atoms in total. The van der Waals surface area contributed by atoms with E-state index in [0.717, 1.165) is 11.1 Å². The Labute approximate surface area is 174 Å². The lowest BCUT2D eigenvalue weighted by Crippen LogP contribution is -2.20. The lowest BCUT2D eigenvalue weighted by molar-refractivity contribution is -0.147. The molecule has 154 valence electrons. The van der Waals surface area contributed by atoms with Gasteiger partial charge in [-0.05, 0) is 31.2 Å². The fourth-order valence-corrected chi connectivity index (χ4v) is 3.14. The number of esters is 1. The zero-order chi connectivity index (χ0) is 20.9. The number of fused-ring (bicyclic) bond motifs is 1. The van der Waals surface area contributed by atoms with Gasteiger partial charge in [0.15, 0.2) is 6.61 Å². The fourth-order valence-electron chi connectivity index (χ4n) is 3.14. The van der Waals surface area contributed by atoms with Gasteiger partial charge in [-0.15, -0.1) is 0 Å². The van der Waals surface area contributed by atoms with Crippen LogP contribution in [0.15, 0.2) is 66.7 Å².